The molecule has 5 rings (SSSR count). The number of carbonyl (C=O) groups is 1. The number of halogens is 1. The van der Waals surface area contributed by atoms with Crippen molar-refractivity contribution >= 4 is 11.9 Å². The molecule has 1 aliphatic carbocycles. The van der Waals surface area contributed by atoms with E-state index < -0.39 is 5.95 Å². The maximum absolute atomic E-state index is 14.0. The number of hydrogen-bond donors (Lipinski definition) is 0. The first kappa shape index (κ1) is 21.2. The molecule has 0 N–H and O–H groups in total. The highest BCUT2D eigenvalue weighted by Gasteiger charge is 2.51. The summed E-state index contributed by atoms with van der Waals surface area (Å²) in [5.74, 6) is 0.243. The Morgan fingerprint density at radius 1 is 1.22 bits per heavy atom. The van der Waals surface area contributed by atoms with E-state index in [4.69, 9.17) is 4.74 Å². The lowest BCUT2D eigenvalue weighted by Crippen LogP contribution is -2.58. The van der Waals surface area contributed by atoms with Crippen LogP contribution in [0.4, 0.5) is 15.0 Å². The fraction of sp³-hybridized carbons (Fsp3) is 0.609. The maximum atomic E-state index is 14.0. The Morgan fingerprint density at radius 3 is 2.69 bits per heavy atom. The van der Waals surface area contributed by atoms with Gasteiger partial charge in [-0.1, -0.05) is 0 Å². The topological polar surface area (TPSA) is 66.7 Å². The molecule has 1 amide bonds. The largest absolute Gasteiger partial charge is 0.450 e. The average molecular weight is 443 g/mol. The van der Waals surface area contributed by atoms with Gasteiger partial charge >= 0.3 is 6.09 Å². The fourth-order valence-corrected chi connectivity index (χ4v) is 5.59. The molecule has 32 heavy (non-hydrogen) atoms. The van der Waals surface area contributed by atoms with Crippen LogP contribution in [0.15, 0.2) is 24.5 Å². The molecule has 0 radical (unpaired) electrons. The second-order valence-electron chi connectivity index (χ2n) is 9.36. The number of likely N-dealkylation sites (tertiary alicyclic amines) is 1. The maximum Gasteiger partial charge on any atom is 0.409 e. The van der Waals surface area contributed by atoms with Crippen LogP contribution in [0.1, 0.15) is 26.2 Å². The Kier molecular flexibility index (Phi) is 5.53. The van der Waals surface area contributed by atoms with Crippen molar-refractivity contribution in [1.29, 1.82) is 0 Å². The number of aromatic nitrogens is 3. The molecule has 2 saturated heterocycles. The van der Waals surface area contributed by atoms with Crippen LogP contribution in [0.3, 0.4) is 0 Å². The summed E-state index contributed by atoms with van der Waals surface area (Å²) in [6.07, 6.45) is 6.91. The molecule has 3 fully saturated rings. The quantitative estimate of drug-likeness (QED) is 0.679. The van der Waals surface area contributed by atoms with Crippen LogP contribution in [-0.2, 0) is 11.8 Å². The molecule has 1 saturated carbocycles. The minimum absolute atomic E-state index is 0.173. The molecule has 0 bridgehead atoms. The summed E-state index contributed by atoms with van der Waals surface area (Å²) < 4.78 is 20.9. The molecule has 3 aliphatic rings. The predicted octanol–water partition coefficient (Wildman–Crippen LogP) is 2.75. The smallest absolute Gasteiger partial charge is 0.409 e. The van der Waals surface area contributed by atoms with Crippen molar-refractivity contribution in [2.45, 2.75) is 32.2 Å². The van der Waals surface area contributed by atoms with Crippen molar-refractivity contribution < 1.29 is 13.9 Å². The van der Waals surface area contributed by atoms with Crippen LogP contribution in [0.25, 0.3) is 11.1 Å². The van der Waals surface area contributed by atoms with Gasteiger partial charge in [0, 0.05) is 69.7 Å². The normalized spacial score (nSPS) is 25.9. The molecule has 0 atom stereocenters. The summed E-state index contributed by atoms with van der Waals surface area (Å²) in [6, 6.07) is 3.78. The molecule has 0 unspecified atom stereocenters. The molecule has 0 aromatic carbocycles. The van der Waals surface area contributed by atoms with Gasteiger partial charge in [0.2, 0.25) is 5.95 Å². The number of carbonyl (C=O) groups excluding carboxylic acids is 1. The van der Waals surface area contributed by atoms with Crippen LogP contribution < -0.4 is 4.90 Å². The van der Waals surface area contributed by atoms with E-state index >= 15 is 0 Å². The van der Waals surface area contributed by atoms with Gasteiger partial charge in [0.25, 0.3) is 0 Å². The summed E-state index contributed by atoms with van der Waals surface area (Å²) >= 11 is 0. The van der Waals surface area contributed by atoms with Gasteiger partial charge in [0.15, 0.2) is 0 Å². The highest BCUT2D eigenvalue weighted by atomic mass is 19.1. The lowest BCUT2D eigenvalue weighted by molar-refractivity contribution is 0.00385. The molecular formula is C23H31FN6O2. The van der Waals surface area contributed by atoms with E-state index in [0.717, 1.165) is 69.7 Å². The van der Waals surface area contributed by atoms with Crippen LogP contribution in [-0.4, -0.2) is 82.6 Å². The number of ether oxygens (including phenoxy) is 1. The standard InChI is InChI=1S/C23H31FN6O2/c1-3-32-22(31)30-7-6-23(16-30)12-18(13-23)28-8-10-29(11-9-28)21-19(4-5-20(24)26-21)17-14-25-27(2)15-17/h4-5,14-15,18H,3,6-13,16H2,1-2H3. The average Bonchev–Trinajstić information content (AvgIpc) is 3.40. The number of anilines is 1. The van der Waals surface area contributed by atoms with Crippen LogP contribution >= 0.6 is 0 Å². The Hall–Kier alpha value is -2.68. The van der Waals surface area contributed by atoms with E-state index in [9.17, 15) is 9.18 Å². The molecule has 9 heteroatoms. The molecular weight excluding hydrogens is 411 g/mol. The Labute approximate surface area is 187 Å². The zero-order chi connectivity index (χ0) is 22.3. The van der Waals surface area contributed by atoms with E-state index in [2.05, 4.69) is 19.9 Å². The highest BCUT2D eigenvalue weighted by molar-refractivity contribution is 5.75. The number of rotatable bonds is 4. The van der Waals surface area contributed by atoms with Crippen molar-refractivity contribution in [3.8, 4) is 11.1 Å². The van der Waals surface area contributed by atoms with Crippen molar-refractivity contribution in [3.05, 3.63) is 30.5 Å². The van der Waals surface area contributed by atoms with Gasteiger partial charge in [-0.3, -0.25) is 9.58 Å². The van der Waals surface area contributed by atoms with Crippen molar-refractivity contribution in [3.63, 3.8) is 0 Å². The number of piperazine rings is 1. The minimum Gasteiger partial charge on any atom is -0.450 e. The fourth-order valence-electron chi connectivity index (χ4n) is 5.59. The van der Waals surface area contributed by atoms with Gasteiger partial charge in [0.05, 0.1) is 12.8 Å². The third-order valence-electron chi connectivity index (χ3n) is 7.29. The zero-order valence-corrected chi connectivity index (χ0v) is 18.8. The highest BCUT2D eigenvalue weighted by Crippen LogP contribution is 2.50. The van der Waals surface area contributed by atoms with Crippen LogP contribution in [0.5, 0.6) is 0 Å². The van der Waals surface area contributed by atoms with E-state index in [1.165, 1.54) is 6.07 Å². The van der Waals surface area contributed by atoms with Gasteiger partial charge in [-0.05, 0) is 43.7 Å². The molecule has 1 spiro atoms. The molecule has 172 valence electrons. The summed E-state index contributed by atoms with van der Waals surface area (Å²) in [7, 11) is 1.88. The van der Waals surface area contributed by atoms with Gasteiger partial charge in [-0.25, -0.2) is 9.78 Å². The molecule has 2 aromatic rings. The van der Waals surface area contributed by atoms with E-state index in [1.807, 2.05) is 25.1 Å². The Balaban J connectivity index is 1.19. The monoisotopic (exact) mass is 442 g/mol. The number of amides is 1. The Morgan fingerprint density at radius 2 is 2.00 bits per heavy atom. The lowest BCUT2D eigenvalue weighted by atomic mass is 9.64. The second-order valence-corrected chi connectivity index (χ2v) is 9.36. The van der Waals surface area contributed by atoms with Gasteiger partial charge in [-0.15, -0.1) is 0 Å². The lowest BCUT2D eigenvalue weighted by Gasteiger charge is -2.52. The zero-order valence-electron chi connectivity index (χ0n) is 18.8. The predicted molar refractivity (Wildman–Crippen MR) is 119 cm³/mol. The first-order chi connectivity index (χ1) is 15.5. The van der Waals surface area contributed by atoms with Gasteiger partial charge in [0.1, 0.15) is 5.82 Å². The van der Waals surface area contributed by atoms with Crippen molar-refractivity contribution in [1.82, 2.24) is 24.6 Å². The van der Waals surface area contributed by atoms with Gasteiger partial charge in [-0.2, -0.15) is 9.49 Å². The third-order valence-corrected chi connectivity index (χ3v) is 7.29. The first-order valence-corrected chi connectivity index (χ1v) is 11.5. The van der Waals surface area contributed by atoms with Gasteiger partial charge < -0.3 is 14.5 Å². The third kappa shape index (κ3) is 3.94. The summed E-state index contributed by atoms with van der Waals surface area (Å²) in [5, 5.41) is 4.25. The molecule has 4 heterocycles. The summed E-state index contributed by atoms with van der Waals surface area (Å²) in [4.78, 5) is 22.9. The van der Waals surface area contributed by atoms with E-state index in [-0.39, 0.29) is 11.5 Å². The number of hydrogen-bond acceptors (Lipinski definition) is 6. The van der Waals surface area contributed by atoms with E-state index in [0.29, 0.717) is 18.5 Å². The van der Waals surface area contributed by atoms with Crippen molar-refractivity contribution in [2.24, 2.45) is 12.5 Å². The van der Waals surface area contributed by atoms with Crippen LogP contribution in [0.2, 0.25) is 0 Å². The second kappa shape index (κ2) is 8.35. The van der Waals surface area contributed by atoms with Crippen molar-refractivity contribution in [2.75, 3.05) is 50.8 Å². The first-order valence-electron chi connectivity index (χ1n) is 11.5. The molecule has 8 nitrogen and oxygen atoms in total. The number of pyridine rings is 1. The summed E-state index contributed by atoms with van der Waals surface area (Å²) in [5.41, 5.74) is 2.14. The number of aryl methyl sites for hydroxylation is 1. The molecule has 2 aromatic heterocycles. The van der Waals surface area contributed by atoms with E-state index in [1.54, 1.807) is 16.9 Å². The Bertz CT molecular complexity index is 981. The SMILES string of the molecule is CCOC(=O)N1CCC2(CC(N3CCN(c4nc(F)ccc4-c4cnn(C)c4)CC3)C2)C1. The number of nitrogens with zero attached hydrogens (tertiary/aromatic N) is 6. The summed E-state index contributed by atoms with van der Waals surface area (Å²) in [6.45, 7) is 7.43. The minimum atomic E-state index is -0.455. The molecule has 2 aliphatic heterocycles. The van der Waals surface area contributed by atoms with Crippen LogP contribution in [0, 0.1) is 11.4 Å².